The number of hydrogen-bond donors (Lipinski definition) is 2. The molecule has 132 valence electrons. The van der Waals surface area contributed by atoms with Gasteiger partial charge < -0.3 is 10.6 Å². The van der Waals surface area contributed by atoms with Crippen LogP contribution in [-0.2, 0) is 11.0 Å². The summed E-state index contributed by atoms with van der Waals surface area (Å²) in [5.74, 6) is -1.05. The highest BCUT2D eigenvalue weighted by Gasteiger charge is 2.30. The predicted octanol–water partition coefficient (Wildman–Crippen LogP) is 3.69. The first-order chi connectivity index (χ1) is 11.6. The molecule has 0 saturated carbocycles. The monoisotopic (exact) mass is 350 g/mol. The Morgan fingerprint density at radius 3 is 2.04 bits per heavy atom. The van der Waals surface area contributed by atoms with Crippen molar-refractivity contribution in [3.05, 3.63) is 64.7 Å². The van der Waals surface area contributed by atoms with Crippen molar-refractivity contribution in [2.75, 3.05) is 11.9 Å². The van der Waals surface area contributed by atoms with Crippen LogP contribution in [0.5, 0.6) is 0 Å². The molecule has 0 aromatic heterocycles. The minimum atomic E-state index is -4.46. The Hall–Kier alpha value is -2.83. The highest BCUT2D eigenvalue weighted by Crippen LogP contribution is 2.29. The third-order valence-corrected chi connectivity index (χ3v) is 3.39. The van der Waals surface area contributed by atoms with E-state index >= 15 is 0 Å². The van der Waals surface area contributed by atoms with Gasteiger partial charge in [0, 0.05) is 11.3 Å². The Morgan fingerprint density at radius 2 is 1.52 bits per heavy atom. The second-order valence-electron chi connectivity index (χ2n) is 5.68. The molecule has 0 aliphatic carbocycles. The topological polar surface area (TPSA) is 58.2 Å². The molecule has 0 aliphatic heterocycles. The summed E-state index contributed by atoms with van der Waals surface area (Å²) in [5, 5.41) is 5.03. The summed E-state index contributed by atoms with van der Waals surface area (Å²) in [6, 6.07) is 9.34. The smallest absolute Gasteiger partial charge is 0.343 e. The molecular weight excluding hydrogens is 333 g/mol. The van der Waals surface area contributed by atoms with E-state index in [0.717, 1.165) is 35.4 Å². The minimum Gasteiger partial charge on any atom is -0.343 e. The van der Waals surface area contributed by atoms with Gasteiger partial charge in [-0.1, -0.05) is 6.07 Å². The molecule has 0 fully saturated rings. The molecule has 0 unspecified atom stereocenters. The van der Waals surface area contributed by atoms with Crippen LogP contribution in [-0.4, -0.2) is 18.4 Å². The number of benzene rings is 2. The molecule has 0 heterocycles. The van der Waals surface area contributed by atoms with Crippen molar-refractivity contribution in [1.29, 1.82) is 0 Å². The fourth-order valence-electron chi connectivity index (χ4n) is 2.33. The second kappa shape index (κ2) is 7.38. The van der Waals surface area contributed by atoms with Gasteiger partial charge in [-0.15, -0.1) is 0 Å². The van der Waals surface area contributed by atoms with Gasteiger partial charge in [0.2, 0.25) is 5.91 Å². The highest BCUT2D eigenvalue weighted by molar-refractivity contribution is 5.99. The number of carbonyl (C=O) groups excluding carboxylic acids is 2. The third kappa shape index (κ3) is 5.34. The molecule has 2 rings (SSSR count). The number of carbonyl (C=O) groups is 2. The van der Waals surface area contributed by atoms with Gasteiger partial charge in [0.1, 0.15) is 0 Å². The standard InChI is InChI=1S/C18H17F3N2O2/c1-11-7-12(2)9-15(8-11)23-16(24)10-22-17(25)13-3-5-14(6-4-13)18(19,20)21/h3-9H,10H2,1-2H3,(H,22,25)(H,23,24). The summed E-state index contributed by atoms with van der Waals surface area (Å²) >= 11 is 0. The zero-order valence-electron chi connectivity index (χ0n) is 13.7. The highest BCUT2D eigenvalue weighted by atomic mass is 19.4. The third-order valence-electron chi connectivity index (χ3n) is 3.39. The Bertz CT molecular complexity index is 764. The minimum absolute atomic E-state index is 0.0483. The summed E-state index contributed by atoms with van der Waals surface area (Å²) in [6.45, 7) is 3.51. The maximum absolute atomic E-state index is 12.5. The van der Waals surface area contributed by atoms with Crippen molar-refractivity contribution < 1.29 is 22.8 Å². The van der Waals surface area contributed by atoms with Crippen LogP contribution in [0.25, 0.3) is 0 Å². The lowest BCUT2D eigenvalue weighted by atomic mass is 10.1. The summed E-state index contributed by atoms with van der Waals surface area (Å²) < 4.78 is 37.5. The molecule has 4 nitrogen and oxygen atoms in total. The van der Waals surface area contributed by atoms with Gasteiger partial charge in [0.05, 0.1) is 12.1 Å². The SMILES string of the molecule is Cc1cc(C)cc(NC(=O)CNC(=O)c2ccc(C(F)(F)F)cc2)c1. The van der Waals surface area contributed by atoms with Crippen molar-refractivity contribution in [3.63, 3.8) is 0 Å². The number of alkyl halides is 3. The number of aryl methyl sites for hydroxylation is 2. The normalized spacial score (nSPS) is 11.1. The molecule has 25 heavy (non-hydrogen) atoms. The Labute approximate surface area is 143 Å². The molecule has 2 aromatic rings. The van der Waals surface area contributed by atoms with E-state index in [0.29, 0.717) is 5.69 Å². The second-order valence-corrected chi connectivity index (χ2v) is 5.68. The van der Waals surface area contributed by atoms with Crippen LogP contribution in [0.3, 0.4) is 0 Å². The van der Waals surface area contributed by atoms with Crippen molar-refractivity contribution in [2.24, 2.45) is 0 Å². The average molecular weight is 350 g/mol. The lowest BCUT2D eigenvalue weighted by molar-refractivity contribution is -0.137. The van der Waals surface area contributed by atoms with E-state index in [4.69, 9.17) is 0 Å². The van der Waals surface area contributed by atoms with E-state index in [1.54, 1.807) is 12.1 Å². The fraction of sp³-hybridized carbons (Fsp3) is 0.222. The van der Waals surface area contributed by atoms with E-state index < -0.39 is 23.6 Å². The molecule has 2 amide bonds. The lowest BCUT2D eigenvalue weighted by Gasteiger charge is -2.10. The molecule has 0 radical (unpaired) electrons. The number of hydrogen-bond acceptors (Lipinski definition) is 2. The molecule has 0 saturated heterocycles. The first kappa shape index (κ1) is 18.5. The van der Waals surface area contributed by atoms with Crippen LogP contribution >= 0.6 is 0 Å². The van der Waals surface area contributed by atoms with Gasteiger partial charge in [0.15, 0.2) is 0 Å². The first-order valence-corrected chi connectivity index (χ1v) is 7.49. The van der Waals surface area contributed by atoms with Crippen LogP contribution in [0.15, 0.2) is 42.5 Å². The van der Waals surface area contributed by atoms with Crippen LogP contribution in [0, 0.1) is 13.8 Å². The molecule has 2 aromatic carbocycles. The van der Waals surface area contributed by atoms with E-state index in [-0.39, 0.29) is 12.1 Å². The zero-order chi connectivity index (χ0) is 18.6. The lowest BCUT2D eigenvalue weighted by Crippen LogP contribution is -2.32. The summed E-state index contributed by atoms with van der Waals surface area (Å²) in [6.07, 6.45) is -4.46. The summed E-state index contributed by atoms with van der Waals surface area (Å²) in [4.78, 5) is 23.8. The van der Waals surface area contributed by atoms with Crippen LogP contribution in [0.2, 0.25) is 0 Å². The van der Waals surface area contributed by atoms with E-state index in [1.165, 1.54) is 0 Å². The van der Waals surface area contributed by atoms with E-state index in [2.05, 4.69) is 10.6 Å². The Kier molecular flexibility index (Phi) is 5.46. The van der Waals surface area contributed by atoms with Crippen LogP contribution in [0.1, 0.15) is 27.0 Å². The van der Waals surface area contributed by atoms with Gasteiger partial charge in [-0.25, -0.2) is 0 Å². The summed E-state index contributed by atoms with van der Waals surface area (Å²) in [7, 11) is 0. The van der Waals surface area contributed by atoms with Crippen molar-refractivity contribution in [2.45, 2.75) is 20.0 Å². The number of rotatable bonds is 4. The molecule has 0 spiro atoms. The predicted molar refractivity (Wildman–Crippen MR) is 88.3 cm³/mol. The number of nitrogens with one attached hydrogen (secondary N) is 2. The zero-order valence-corrected chi connectivity index (χ0v) is 13.7. The average Bonchev–Trinajstić information content (AvgIpc) is 2.51. The molecular formula is C18H17F3N2O2. The maximum atomic E-state index is 12.5. The van der Waals surface area contributed by atoms with Gasteiger partial charge >= 0.3 is 6.18 Å². The number of amides is 2. The van der Waals surface area contributed by atoms with E-state index in [9.17, 15) is 22.8 Å². The molecule has 0 bridgehead atoms. The fourth-order valence-corrected chi connectivity index (χ4v) is 2.33. The van der Waals surface area contributed by atoms with Crippen molar-refractivity contribution in [1.82, 2.24) is 5.32 Å². The van der Waals surface area contributed by atoms with Gasteiger partial charge in [-0.3, -0.25) is 9.59 Å². The largest absolute Gasteiger partial charge is 0.416 e. The Balaban J connectivity index is 1.91. The van der Waals surface area contributed by atoms with Crippen molar-refractivity contribution in [3.8, 4) is 0 Å². The van der Waals surface area contributed by atoms with Crippen molar-refractivity contribution >= 4 is 17.5 Å². The van der Waals surface area contributed by atoms with Gasteiger partial charge in [0.25, 0.3) is 5.91 Å². The molecule has 7 heteroatoms. The Morgan fingerprint density at radius 1 is 0.960 bits per heavy atom. The molecule has 0 atom stereocenters. The van der Waals surface area contributed by atoms with Gasteiger partial charge in [-0.05, 0) is 61.4 Å². The number of anilines is 1. The van der Waals surface area contributed by atoms with Crippen LogP contribution in [0.4, 0.5) is 18.9 Å². The first-order valence-electron chi connectivity index (χ1n) is 7.49. The van der Waals surface area contributed by atoms with Crippen LogP contribution < -0.4 is 10.6 Å². The molecule has 0 aliphatic rings. The summed E-state index contributed by atoms with van der Waals surface area (Å²) in [5.41, 5.74) is 1.81. The maximum Gasteiger partial charge on any atom is 0.416 e. The van der Waals surface area contributed by atoms with E-state index in [1.807, 2.05) is 19.9 Å². The number of halogens is 3. The molecule has 2 N–H and O–H groups in total. The quantitative estimate of drug-likeness (QED) is 0.884. The van der Waals surface area contributed by atoms with Gasteiger partial charge in [-0.2, -0.15) is 13.2 Å².